The zero-order chi connectivity index (χ0) is 17.3. The molecule has 1 amide bonds. The topological polar surface area (TPSA) is 49.6 Å². The molecule has 0 spiro atoms. The molecule has 2 N–H and O–H groups in total. The Labute approximate surface area is 149 Å². The Balaban J connectivity index is 1.62. The van der Waals surface area contributed by atoms with Gasteiger partial charge in [-0.2, -0.15) is 0 Å². The summed E-state index contributed by atoms with van der Waals surface area (Å²) < 4.78 is 0. The third-order valence-corrected chi connectivity index (χ3v) is 5.83. The van der Waals surface area contributed by atoms with E-state index >= 15 is 0 Å². The third kappa shape index (κ3) is 3.70. The van der Waals surface area contributed by atoms with E-state index in [2.05, 4.69) is 16.7 Å². The van der Waals surface area contributed by atoms with Crippen LogP contribution in [0.4, 0.5) is 5.69 Å². The zero-order valence-corrected chi connectivity index (χ0v) is 15.5. The number of rotatable bonds is 3. The Bertz CT molecular complexity index is 613. The highest BCUT2D eigenvalue weighted by molar-refractivity contribution is 6.31. The first-order valence-electron chi connectivity index (χ1n) is 9.03. The molecular weight excluding hydrogens is 322 g/mol. The summed E-state index contributed by atoms with van der Waals surface area (Å²) in [5.41, 5.74) is 9.07. The summed E-state index contributed by atoms with van der Waals surface area (Å²) in [6.07, 6.45) is 4.57. The lowest BCUT2D eigenvalue weighted by Crippen LogP contribution is -2.54. The Kier molecular flexibility index (Phi) is 5.36. The number of nitrogens with two attached hydrogens (primary N) is 1. The summed E-state index contributed by atoms with van der Waals surface area (Å²) in [5, 5.41) is 0.691. The largest absolute Gasteiger partial charge is 0.398 e. The second kappa shape index (κ2) is 7.32. The van der Waals surface area contributed by atoms with Crippen LogP contribution in [0.1, 0.15) is 43.7 Å². The van der Waals surface area contributed by atoms with E-state index in [-0.39, 0.29) is 12.0 Å². The maximum Gasteiger partial charge on any atom is 0.226 e. The van der Waals surface area contributed by atoms with Crippen LogP contribution in [0.25, 0.3) is 0 Å². The number of carbonyl (C=O) groups excluding carboxylic acids is 1. The molecule has 5 heteroatoms. The van der Waals surface area contributed by atoms with Crippen LogP contribution in [-0.4, -0.2) is 41.4 Å². The number of anilines is 1. The molecule has 1 aromatic rings. The van der Waals surface area contributed by atoms with E-state index in [4.69, 9.17) is 17.3 Å². The van der Waals surface area contributed by atoms with E-state index in [0.29, 0.717) is 10.9 Å². The lowest BCUT2D eigenvalue weighted by molar-refractivity contribution is -0.140. The van der Waals surface area contributed by atoms with E-state index in [1.807, 2.05) is 13.0 Å². The van der Waals surface area contributed by atoms with Crippen molar-refractivity contribution in [3.63, 3.8) is 0 Å². The number of piperazine rings is 1. The van der Waals surface area contributed by atoms with Gasteiger partial charge in [-0.25, -0.2) is 0 Å². The van der Waals surface area contributed by atoms with Crippen LogP contribution < -0.4 is 5.73 Å². The number of halogens is 1. The van der Waals surface area contributed by atoms with Crippen molar-refractivity contribution in [3.05, 3.63) is 28.3 Å². The van der Waals surface area contributed by atoms with Crippen LogP contribution in [0.5, 0.6) is 0 Å². The van der Waals surface area contributed by atoms with Gasteiger partial charge < -0.3 is 10.6 Å². The summed E-state index contributed by atoms with van der Waals surface area (Å²) in [6, 6.07) is 4.08. The Morgan fingerprint density at radius 2 is 2.00 bits per heavy atom. The molecule has 24 heavy (non-hydrogen) atoms. The minimum absolute atomic E-state index is 0.267. The first-order valence-corrected chi connectivity index (χ1v) is 9.41. The number of hydrogen-bond donors (Lipinski definition) is 1. The van der Waals surface area contributed by atoms with E-state index in [9.17, 15) is 4.79 Å². The Morgan fingerprint density at radius 3 is 2.67 bits per heavy atom. The van der Waals surface area contributed by atoms with Crippen LogP contribution in [0.2, 0.25) is 5.02 Å². The summed E-state index contributed by atoms with van der Waals surface area (Å²) in [4.78, 5) is 17.2. The predicted octanol–water partition coefficient (Wildman–Crippen LogP) is 3.45. The molecule has 3 rings (SSSR count). The summed E-state index contributed by atoms with van der Waals surface area (Å²) in [5.74, 6) is 0.650. The number of benzene rings is 1. The average Bonchev–Trinajstić information content (AvgIpc) is 3.06. The summed E-state index contributed by atoms with van der Waals surface area (Å²) in [6.45, 7) is 7.69. The zero-order valence-electron chi connectivity index (χ0n) is 14.7. The monoisotopic (exact) mass is 349 g/mol. The number of amides is 1. The molecule has 1 atom stereocenters. The predicted molar refractivity (Wildman–Crippen MR) is 99.0 cm³/mol. The van der Waals surface area contributed by atoms with Crippen molar-refractivity contribution >= 4 is 23.2 Å². The normalized spacial score (nSPS) is 23.0. The standard InChI is InChI=1S/C19H28ClN3O/c1-13-11-22(12-16-9-17(20)10-18(21)14(16)2)7-8-23(13)19(24)15-5-3-4-6-15/h9-10,13,15H,3-8,11-12,21H2,1-2H3. The number of nitrogens with zero attached hydrogens (tertiary/aromatic N) is 2. The van der Waals surface area contributed by atoms with Crippen molar-refractivity contribution in [2.75, 3.05) is 25.4 Å². The van der Waals surface area contributed by atoms with Gasteiger partial charge in [0.1, 0.15) is 0 Å². The quantitative estimate of drug-likeness (QED) is 0.850. The molecule has 2 aliphatic rings. The highest BCUT2D eigenvalue weighted by Gasteiger charge is 2.33. The Morgan fingerprint density at radius 1 is 1.29 bits per heavy atom. The van der Waals surface area contributed by atoms with Gasteiger partial charge in [0.05, 0.1) is 0 Å². The van der Waals surface area contributed by atoms with Crippen molar-refractivity contribution in [2.24, 2.45) is 5.92 Å². The second-order valence-electron chi connectivity index (χ2n) is 7.38. The van der Waals surface area contributed by atoms with Crippen LogP contribution in [0.15, 0.2) is 12.1 Å². The second-order valence-corrected chi connectivity index (χ2v) is 7.81. The van der Waals surface area contributed by atoms with Gasteiger partial charge in [0.2, 0.25) is 5.91 Å². The fourth-order valence-electron chi connectivity index (χ4n) is 4.08. The van der Waals surface area contributed by atoms with Crippen molar-refractivity contribution in [2.45, 2.75) is 52.1 Å². The van der Waals surface area contributed by atoms with Crippen LogP contribution in [-0.2, 0) is 11.3 Å². The van der Waals surface area contributed by atoms with Crippen molar-refractivity contribution in [1.29, 1.82) is 0 Å². The van der Waals surface area contributed by atoms with E-state index < -0.39 is 0 Å². The SMILES string of the molecule is Cc1c(N)cc(Cl)cc1CN1CCN(C(=O)C2CCCC2)C(C)C1. The van der Waals surface area contributed by atoms with Crippen LogP contribution in [0.3, 0.4) is 0 Å². The third-order valence-electron chi connectivity index (χ3n) is 5.61. The molecule has 0 bridgehead atoms. The van der Waals surface area contributed by atoms with Gasteiger partial charge in [-0.1, -0.05) is 24.4 Å². The smallest absolute Gasteiger partial charge is 0.226 e. The average molecular weight is 350 g/mol. The molecular formula is C19H28ClN3O. The fraction of sp³-hybridized carbons (Fsp3) is 0.632. The van der Waals surface area contributed by atoms with E-state index in [1.54, 1.807) is 6.07 Å². The summed E-state index contributed by atoms with van der Waals surface area (Å²) in [7, 11) is 0. The van der Waals surface area contributed by atoms with Gasteiger partial charge in [0, 0.05) is 48.8 Å². The molecule has 132 valence electrons. The minimum atomic E-state index is 0.267. The maximum atomic E-state index is 12.7. The molecule has 1 aromatic carbocycles. The fourth-order valence-corrected chi connectivity index (χ4v) is 4.32. The van der Waals surface area contributed by atoms with Crippen LogP contribution >= 0.6 is 11.6 Å². The molecule has 1 aliphatic carbocycles. The number of hydrogen-bond acceptors (Lipinski definition) is 3. The van der Waals surface area contributed by atoms with Gasteiger partial charge in [0.15, 0.2) is 0 Å². The Hall–Kier alpha value is -1.26. The van der Waals surface area contributed by atoms with Gasteiger partial charge >= 0.3 is 0 Å². The highest BCUT2D eigenvalue weighted by Crippen LogP contribution is 2.29. The van der Waals surface area contributed by atoms with Gasteiger partial charge in [-0.15, -0.1) is 0 Å². The van der Waals surface area contributed by atoms with E-state index in [1.165, 1.54) is 18.4 Å². The summed E-state index contributed by atoms with van der Waals surface area (Å²) >= 11 is 6.15. The van der Waals surface area contributed by atoms with Crippen molar-refractivity contribution in [1.82, 2.24) is 9.80 Å². The molecule has 1 heterocycles. The van der Waals surface area contributed by atoms with Crippen LogP contribution in [0, 0.1) is 12.8 Å². The molecule has 1 saturated carbocycles. The molecule has 1 aliphatic heterocycles. The van der Waals surface area contributed by atoms with Gasteiger partial charge in [-0.3, -0.25) is 9.69 Å². The molecule has 1 unspecified atom stereocenters. The van der Waals surface area contributed by atoms with Crippen molar-refractivity contribution < 1.29 is 4.79 Å². The first-order chi connectivity index (χ1) is 11.5. The first kappa shape index (κ1) is 17.6. The minimum Gasteiger partial charge on any atom is -0.398 e. The highest BCUT2D eigenvalue weighted by atomic mass is 35.5. The molecule has 1 saturated heterocycles. The molecule has 0 aromatic heterocycles. The maximum absolute atomic E-state index is 12.7. The molecule has 2 fully saturated rings. The van der Waals surface area contributed by atoms with E-state index in [0.717, 1.165) is 50.3 Å². The molecule has 0 radical (unpaired) electrons. The van der Waals surface area contributed by atoms with Gasteiger partial charge in [-0.05, 0) is 49.9 Å². The molecule has 4 nitrogen and oxygen atoms in total. The lowest BCUT2D eigenvalue weighted by Gasteiger charge is -2.41. The number of carbonyl (C=O) groups is 1. The lowest BCUT2D eigenvalue weighted by atomic mass is 10.0. The number of nitrogen functional groups attached to an aromatic ring is 1. The van der Waals surface area contributed by atoms with Gasteiger partial charge in [0.25, 0.3) is 0 Å². The van der Waals surface area contributed by atoms with Crippen molar-refractivity contribution in [3.8, 4) is 0 Å².